The van der Waals surface area contributed by atoms with Gasteiger partial charge in [0.2, 0.25) is 0 Å². The second-order valence-corrected chi connectivity index (χ2v) is 7.57. The van der Waals surface area contributed by atoms with Gasteiger partial charge in [-0.3, -0.25) is 9.59 Å². The predicted molar refractivity (Wildman–Crippen MR) is 115 cm³/mol. The first kappa shape index (κ1) is 26.7. The lowest BCUT2D eigenvalue weighted by Gasteiger charge is -2.18. The van der Waals surface area contributed by atoms with Crippen LogP contribution in [0.3, 0.4) is 0 Å². The Hall–Kier alpha value is -2.50. The van der Waals surface area contributed by atoms with E-state index in [-0.39, 0.29) is 38.6 Å². The summed E-state index contributed by atoms with van der Waals surface area (Å²) in [5.74, 6) is -1.72. The molecule has 186 valence electrons. The number of rotatable bonds is 14. The van der Waals surface area contributed by atoms with Crippen molar-refractivity contribution in [2.75, 3.05) is 46.2 Å². The number of alkyl carbamates (subject to hydrolysis) is 1. The van der Waals surface area contributed by atoms with Gasteiger partial charge in [-0.1, -0.05) is 12.2 Å². The van der Waals surface area contributed by atoms with Crippen molar-refractivity contribution in [2.24, 2.45) is 0 Å². The zero-order valence-electron chi connectivity index (χ0n) is 19.0. The number of ether oxygens (including phenoxy) is 4. The minimum atomic E-state index is -0.702. The number of nitrogens with one attached hydrogen (secondary N) is 1. The average molecular weight is 471 g/mol. The quantitative estimate of drug-likeness (QED) is 0.229. The molecule has 1 saturated heterocycles. The van der Waals surface area contributed by atoms with Crippen LogP contribution in [0, 0.1) is 0 Å². The molecule has 1 heterocycles. The van der Waals surface area contributed by atoms with Crippen molar-refractivity contribution in [1.82, 2.24) is 10.4 Å². The molecule has 11 heteroatoms. The molecule has 1 aliphatic carbocycles. The summed E-state index contributed by atoms with van der Waals surface area (Å²) in [5, 5.41) is 3.20. The second-order valence-electron chi connectivity index (χ2n) is 7.57. The van der Waals surface area contributed by atoms with Gasteiger partial charge < -0.3 is 29.1 Å². The van der Waals surface area contributed by atoms with E-state index in [0.717, 1.165) is 32.1 Å². The highest BCUT2D eigenvalue weighted by molar-refractivity contribution is 6.01. The third-order valence-corrected chi connectivity index (χ3v) is 4.90. The number of hydrogen-bond donors (Lipinski definition) is 1. The zero-order chi connectivity index (χ0) is 23.7. The molecule has 0 aromatic heterocycles. The summed E-state index contributed by atoms with van der Waals surface area (Å²) in [5.41, 5.74) is 0. The van der Waals surface area contributed by atoms with Gasteiger partial charge in [0.25, 0.3) is 11.8 Å². The molecule has 2 rings (SSSR count). The fourth-order valence-electron chi connectivity index (χ4n) is 3.16. The van der Waals surface area contributed by atoms with E-state index >= 15 is 0 Å². The monoisotopic (exact) mass is 470 g/mol. The molecular weight excluding hydrogens is 436 g/mol. The van der Waals surface area contributed by atoms with Gasteiger partial charge in [-0.2, -0.15) is 0 Å². The fraction of sp³-hybridized carbons (Fsp3) is 0.727. The first-order valence-electron chi connectivity index (χ1n) is 11.5. The van der Waals surface area contributed by atoms with Gasteiger partial charge in [0.1, 0.15) is 6.10 Å². The van der Waals surface area contributed by atoms with Crippen molar-refractivity contribution in [3.05, 3.63) is 12.2 Å². The highest BCUT2D eigenvalue weighted by Gasteiger charge is 2.32. The normalized spacial score (nSPS) is 19.6. The van der Waals surface area contributed by atoms with Crippen LogP contribution in [0.25, 0.3) is 0 Å². The molecule has 33 heavy (non-hydrogen) atoms. The van der Waals surface area contributed by atoms with E-state index in [4.69, 9.17) is 23.8 Å². The molecule has 2 aliphatic rings. The minimum Gasteiger partial charge on any atom is -0.446 e. The molecule has 3 amide bonds. The molecule has 0 radical (unpaired) electrons. The predicted octanol–water partition coefficient (Wildman–Crippen LogP) is 1.65. The maximum Gasteiger partial charge on any atom is 0.407 e. The van der Waals surface area contributed by atoms with Gasteiger partial charge >= 0.3 is 12.1 Å². The highest BCUT2D eigenvalue weighted by atomic mass is 16.7. The molecular formula is C22H34N2O9. The Morgan fingerprint density at radius 2 is 1.52 bits per heavy atom. The maximum atomic E-state index is 11.8. The fourth-order valence-corrected chi connectivity index (χ4v) is 3.16. The van der Waals surface area contributed by atoms with E-state index in [1.807, 2.05) is 0 Å². The van der Waals surface area contributed by atoms with Crippen LogP contribution in [0.4, 0.5) is 4.79 Å². The van der Waals surface area contributed by atoms with Crippen LogP contribution in [-0.2, 0) is 38.2 Å². The van der Waals surface area contributed by atoms with E-state index in [1.165, 1.54) is 0 Å². The Morgan fingerprint density at radius 1 is 0.879 bits per heavy atom. The van der Waals surface area contributed by atoms with Crippen LogP contribution in [0.15, 0.2) is 12.2 Å². The van der Waals surface area contributed by atoms with E-state index < -0.39 is 23.9 Å². The Morgan fingerprint density at radius 3 is 2.24 bits per heavy atom. The minimum absolute atomic E-state index is 0.0318. The number of hydrogen-bond acceptors (Lipinski definition) is 9. The van der Waals surface area contributed by atoms with Crippen LogP contribution in [0.1, 0.15) is 51.4 Å². The Labute approximate surface area is 193 Å². The molecule has 1 unspecified atom stereocenters. The largest absolute Gasteiger partial charge is 0.446 e. The van der Waals surface area contributed by atoms with Crippen molar-refractivity contribution < 1.29 is 43.0 Å². The molecule has 11 nitrogen and oxygen atoms in total. The Kier molecular flexibility index (Phi) is 13.1. The lowest BCUT2D eigenvalue weighted by atomic mass is 10.0. The van der Waals surface area contributed by atoms with Crippen molar-refractivity contribution in [1.29, 1.82) is 0 Å². The summed E-state index contributed by atoms with van der Waals surface area (Å²) >= 11 is 0. The third-order valence-electron chi connectivity index (χ3n) is 4.90. The number of carbonyl (C=O) groups is 4. The molecule has 0 bridgehead atoms. The summed E-state index contributed by atoms with van der Waals surface area (Å²) < 4.78 is 21.4. The molecule has 1 aliphatic heterocycles. The smallest absolute Gasteiger partial charge is 0.407 e. The van der Waals surface area contributed by atoms with Crippen LogP contribution in [0.5, 0.6) is 0 Å². The van der Waals surface area contributed by atoms with E-state index in [2.05, 4.69) is 17.5 Å². The highest BCUT2D eigenvalue weighted by Crippen LogP contribution is 2.15. The number of amides is 3. The number of hydroxylamine groups is 2. The molecule has 0 saturated carbocycles. The average Bonchev–Trinajstić information content (AvgIpc) is 3.08. The Bertz CT molecular complexity index is 652. The van der Waals surface area contributed by atoms with Crippen molar-refractivity contribution in [3.8, 4) is 0 Å². The Balaban J connectivity index is 1.34. The summed E-state index contributed by atoms with van der Waals surface area (Å²) in [6, 6.07) is 0. The van der Waals surface area contributed by atoms with Crippen molar-refractivity contribution >= 4 is 23.9 Å². The SMILES string of the molecule is O=C(CCOCCOCCOCCNC(=O)OC1CC/C=C/CCC1)ON1C(=O)CCC1=O. The molecule has 0 aromatic rings. The molecule has 0 spiro atoms. The van der Waals surface area contributed by atoms with E-state index in [9.17, 15) is 19.2 Å². The molecule has 0 aromatic carbocycles. The zero-order valence-corrected chi connectivity index (χ0v) is 19.0. The first-order chi connectivity index (χ1) is 16.1. The van der Waals surface area contributed by atoms with Gasteiger partial charge in [0, 0.05) is 19.4 Å². The lowest BCUT2D eigenvalue weighted by molar-refractivity contribution is -0.198. The molecule has 1 atom stereocenters. The van der Waals surface area contributed by atoms with Gasteiger partial charge in [0.05, 0.1) is 46.1 Å². The summed E-state index contributed by atoms with van der Waals surface area (Å²) in [7, 11) is 0. The van der Waals surface area contributed by atoms with E-state index in [0.29, 0.717) is 38.0 Å². The number of imide groups is 1. The van der Waals surface area contributed by atoms with Crippen molar-refractivity contribution in [2.45, 2.75) is 57.5 Å². The van der Waals surface area contributed by atoms with Gasteiger partial charge in [-0.15, -0.1) is 5.06 Å². The third kappa shape index (κ3) is 11.8. The van der Waals surface area contributed by atoms with Crippen molar-refractivity contribution in [3.63, 3.8) is 0 Å². The van der Waals surface area contributed by atoms with E-state index in [1.54, 1.807) is 0 Å². The number of nitrogens with zero attached hydrogens (tertiary/aromatic N) is 1. The number of carbonyl (C=O) groups excluding carboxylic acids is 4. The van der Waals surface area contributed by atoms with Gasteiger partial charge in [-0.25, -0.2) is 9.59 Å². The first-order valence-corrected chi connectivity index (χ1v) is 11.5. The van der Waals surface area contributed by atoms with Crippen LogP contribution in [0.2, 0.25) is 0 Å². The summed E-state index contributed by atoms with van der Waals surface area (Å²) in [6.07, 6.45) is 8.64. The molecule has 1 fully saturated rings. The topological polar surface area (TPSA) is 130 Å². The standard InChI is InChI=1S/C22H34N2O9/c25-19-8-9-20(26)24(19)33-21(27)10-12-29-14-16-31-17-15-30-13-11-23-22(28)32-18-6-4-2-1-3-5-7-18/h1-2,18H,3-17H2,(H,23,28)/b2-1+. The second kappa shape index (κ2) is 16.2. The summed E-state index contributed by atoms with van der Waals surface area (Å²) in [4.78, 5) is 50.8. The van der Waals surface area contributed by atoms with Gasteiger partial charge in [0.15, 0.2) is 0 Å². The van der Waals surface area contributed by atoms with Gasteiger partial charge in [-0.05, 0) is 32.1 Å². The summed E-state index contributed by atoms with van der Waals surface area (Å²) in [6.45, 7) is 2.14. The molecule has 1 N–H and O–H groups in total. The lowest BCUT2D eigenvalue weighted by Crippen LogP contribution is -2.32. The number of allylic oxidation sites excluding steroid dienone is 2. The van der Waals surface area contributed by atoms with Crippen LogP contribution >= 0.6 is 0 Å². The maximum absolute atomic E-state index is 11.8. The van der Waals surface area contributed by atoms with Crippen LogP contribution in [-0.4, -0.2) is 81.2 Å². The van der Waals surface area contributed by atoms with Crippen LogP contribution < -0.4 is 5.32 Å².